The molecule has 0 aromatic heterocycles. The topological polar surface area (TPSA) is 0 Å². The van der Waals surface area contributed by atoms with E-state index in [0.29, 0.717) is 0 Å². The molecule has 0 aromatic carbocycles. The number of allylic oxidation sites excluding steroid dienone is 5. The molecule has 0 heterocycles. The van der Waals surface area contributed by atoms with Crippen molar-refractivity contribution >= 4 is 8.07 Å². The van der Waals surface area contributed by atoms with Crippen LogP contribution in [0.25, 0.3) is 0 Å². The maximum Gasteiger partial charge on any atom is 1.00 e. The Morgan fingerprint density at radius 2 is 2.14 bits per heavy atom. The maximum absolute atomic E-state index is 4.14. The first-order valence-electron chi connectivity index (χ1n) is 4.90. The normalized spacial score (nSPS) is 14.9. The molecule has 0 unspecified atom stereocenters. The van der Waals surface area contributed by atoms with Crippen molar-refractivity contribution in [3.63, 3.8) is 0 Å². The van der Waals surface area contributed by atoms with Crippen LogP contribution in [-0.2, 0) is 0 Å². The van der Waals surface area contributed by atoms with Crippen LogP contribution in [0.4, 0.5) is 0 Å². The minimum absolute atomic E-state index is 0. The predicted octanol–water partition coefficient (Wildman–Crippen LogP) is 0.964. The summed E-state index contributed by atoms with van der Waals surface area (Å²) in [5.41, 5.74) is 2.72. The van der Waals surface area contributed by atoms with E-state index < -0.39 is 8.07 Å². The summed E-state index contributed by atoms with van der Waals surface area (Å²) in [5.74, 6) is 0. The average molecular weight is 198 g/mol. The number of rotatable bonds is 4. The monoisotopic (exact) mass is 198 g/mol. The Morgan fingerprint density at radius 1 is 1.50 bits per heavy atom. The van der Waals surface area contributed by atoms with Crippen LogP contribution in [0.2, 0.25) is 25.7 Å². The SMILES string of the molecule is C=C(CC1=[C-]CC=C1)C[Si](C)(C)C.[Li+]. The Labute approximate surface area is 101 Å². The van der Waals surface area contributed by atoms with Gasteiger partial charge in [0.15, 0.2) is 0 Å². The van der Waals surface area contributed by atoms with Gasteiger partial charge in [0.05, 0.1) is 0 Å². The number of hydrogen-bond acceptors (Lipinski definition) is 0. The molecule has 0 N–H and O–H groups in total. The Morgan fingerprint density at radius 3 is 2.57 bits per heavy atom. The summed E-state index contributed by atoms with van der Waals surface area (Å²) in [7, 11) is -0.957. The average Bonchev–Trinajstić information content (AvgIpc) is 2.34. The molecule has 1 aliphatic rings. The van der Waals surface area contributed by atoms with E-state index in [1.54, 1.807) is 0 Å². The molecule has 1 rings (SSSR count). The second kappa shape index (κ2) is 5.80. The molecule has 0 saturated carbocycles. The van der Waals surface area contributed by atoms with E-state index in [2.05, 4.69) is 44.4 Å². The fourth-order valence-electron chi connectivity index (χ4n) is 1.65. The van der Waals surface area contributed by atoms with Crippen LogP contribution in [0.3, 0.4) is 0 Å². The van der Waals surface area contributed by atoms with Gasteiger partial charge in [0.2, 0.25) is 0 Å². The van der Waals surface area contributed by atoms with Gasteiger partial charge in [-0.2, -0.15) is 6.08 Å². The smallest absolute Gasteiger partial charge is 0.269 e. The van der Waals surface area contributed by atoms with Crippen molar-refractivity contribution < 1.29 is 18.9 Å². The molecule has 0 fully saturated rings. The van der Waals surface area contributed by atoms with Crippen LogP contribution in [-0.4, -0.2) is 8.07 Å². The quantitative estimate of drug-likeness (QED) is 0.359. The molecule has 0 nitrogen and oxygen atoms in total. The minimum Gasteiger partial charge on any atom is -0.269 e. The van der Waals surface area contributed by atoms with Gasteiger partial charge in [-0.3, -0.25) is 6.08 Å². The molecule has 0 radical (unpaired) electrons. The van der Waals surface area contributed by atoms with Gasteiger partial charge in [0.25, 0.3) is 0 Å². The third kappa shape index (κ3) is 5.70. The Balaban J connectivity index is 0.00000169. The van der Waals surface area contributed by atoms with Crippen molar-refractivity contribution in [3.05, 3.63) is 36.0 Å². The van der Waals surface area contributed by atoms with Gasteiger partial charge >= 0.3 is 18.9 Å². The van der Waals surface area contributed by atoms with E-state index in [9.17, 15) is 0 Å². The van der Waals surface area contributed by atoms with E-state index >= 15 is 0 Å². The molecular formula is C12H19LiSi. The van der Waals surface area contributed by atoms with Crippen molar-refractivity contribution in [2.24, 2.45) is 0 Å². The van der Waals surface area contributed by atoms with E-state index in [-0.39, 0.29) is 18.9 Å². The van der Waals surface area contributed by atoms with Gasteiger partial charge in [-0.1, -0.05) is 31.8 Å². The summed E-state index contributed by atoms with van der Waals surface area (Å²) >= 11 is 0. The van der Waals surface area contributed by atoms with Crippen molar-refractivity contribution in [2.75, 3.05) is 0 Å². The third-order valence-corrected chi connectivity index (χ3v) is 3.55. The molecule has 0 aromatic rings. The van der Waals surface area contributed by atoms with Crippen LogP contribution in [0, 0.1) is 6.08 Å². The molecule has 0 bridgehead atoms. The second-order valence-corrected chi connectivity index (χ2v) is 10.4. The van der Waals surface area contributed by atoms with Crippen molar-refractivity contribution in [1.82, 2.24) is 0 Å². The van der Waals surface area contributed by atoms with Gasteiger partial charge < -0.3 is 0 Å². The molecule has 14 heavy (non-hydrogen) atoms. The fourth-order valence-corrected chi connectivity index (χ4v) is 3.28. The van der Waals surface area contributed by atoms with Gasteiger partial charge in [-0.25, -0.2) is 11.6 Å². The fraction of sp³-hybridized carbons (Fsp3) is 0.500. The zero-order chi connectivity index (χ0) is 9.90. The number of hydrogen-bond donors (Lipinski definition) is 0. The molecule has 72 valence electrons. The van der Waals surface area contributed by atoms with Gasteiger partial charge in [-0.05, 0) is 12.5 Å². The van der Waals surface area contributed by atoms with Gasteiger partial charge in [0, 0.05) is 8.07 Å². The predicted molar refractivity (Wildman–Crippen MR) is 62.4 cm³/mol. The molecule has 2 heteroatoms. The van der Waals surface area contributed by atoms with Gasteiger partial charge in [-0.15, -0.1) is 6.42 Å². The molecule has 0 spiro atoms. The first-order chi connectivity index (χ1) is 5.97. The molecule has 0 aliphatic heterocycles. The zero-order valence-corrected chi connectivity index (χ0v) is 11.0. The Bertz CT molecular complexity index is 256. The Hall–Kier alpha value is 0.0343. The zero-order valence-electron chi connectivity index (χ0n) is 9.98. The van der Waals surface area contributed by atoms with Crippen LogP contribution >= 0.6 is 0 Å². The largest absolute Gasteiger partial charge is 1.00 e. The third-order valence-electron chi connectivity index (χ3n) is 1.99. The second-order valence-electron chi connectivity index (χ2n) is 4.97. The molecule has 0 atom stereocenters. The van der Waals surface area contributed by atoms with Crippen LogP contribution in [0.15, 0.2) is 29.9 Å². The van der Waals surface area contributed by atoms with E-state index in [1.807, 2.05) is 0 Å². The summed E-state index contributed by atoms with van der Waals surface area (Å²) < 4.78 is 0. The first kappa shape index (κ1) is 14.0. The molecule has 0 amide bonds. The molecule has 1 aliphatic carbocycles. The van der Waals surface area contributed by atoms with Crippen LogP contribution in [0.1, 0.15) is 12.8 Å². The van der Waals surface area contributed by atoms with Crippen molar-refractivity contribution in [2.45, 2.75) is 38.5 Å². The van der Waals surface area contributed by atoms with E-state index in [0.717, 1.165) is 12.8 Å². The molecule has 0 saturated heterocycles. The van der Waals surface area contributed by atoms with Crippen LogP contribution < -0.4 is 18.9 Å². The standard InChI is InChI=1S/C12H19Si.Li/c1-11(10-13(2,3)4)9-12-7-5-6-8-12;/h5,7H,1,6,9-10H2,2-4H3;/q-1;+1. The molecular weight excluding hydrogens is 179 g/mol. The minimum atomic E-state index is -0.957. The van der Waals surface area contributed by atoms with Crippen molar-refractivity contribution in [3.8, 4) is 0 Å². The summed E-state index contributed by atoms with van der Waals surface area (Å²) in [6, 6.07) is 1.24. The summed E-state index contributed by atoms with van der Waals surface area (Å²) in [6.45, 7) is 11.3. The van der Waals surface area contributed by atoms with E-state index in [1.165, 1.54) is 17.2 Å². The summed E-state index contributed by atoms with van der Waals surface area (Å²) in [4.78, 5) is 0. The van der Waals surface area contributed by atoms with Crippen molar-refractivity contribution in [1.29, 1.82) is 0 Å². The Kier molecular flexibility index (Phi) is 5.82. The summed E-state index contributed by atoms with van der Waals surface area (Å²) in [5, 5.41) is 0. The van der Waals surface area contributed by atoms with E-state index in [4.69, 9.17) is 0 Å². The first-order valence-corrected chi connectivity index (χ1v) is 8.61. The van der Waals surface area contributed by atoms with Gasteiger partial charge in [0.1, 0.15) is 0 Å². The summed E-state index contributed by atoms with van der Waals surface area (Å²) in [6.07, 6.45) is 9.71. The maximum atomic E-state index is 4.14. The van der Waals surface area contributed by atoms with Crippen LogP contribution in [0.5, 0.6) is 0 Å².